The molecular formula is C21H18S. The second kappa shape index (κ2) is 6.67. The monoisotopic (exact) mass is 302 g/mol. The van der Waals surface area contributed by atoms with Crippen LogP contribution in [0, 0.1) is 6.92 Å². The van der Waals surface area contributed by atoms with Crippen molar-refractivity contribution in [3.63, 3.8) is 0 Å². The zero-order chi connectivity index (χ0) is 15.4. The molecule has 0 radical (unpaired) electrons. The minimum absolute atomic E-state index is 1.04. The van der Waals surface area contributed by atoms with Crippen molar-refractivity contribution in [1.82, 2.24) is 0 Å². The predicted octanol–water partition coefficient (Wildman–Crippen LogP) is 6.47. The summed E-state index contributed by atoms with van der Waals surface area (Å²) in [6.07, 6.45) is 4.21. The average Bonchev–Trinajstić information content (AvgIpc) is 2.55. The molecule has 0 atom stereocenters. The summed E-state index contributed by atoms with van der Waals surface area (Å²) in [6, 6.07) is 23.3. The fourth-order valence-corrected chi connectivity index (χ4v) is 3.14. The number of hydrogen-bond donors (Lipinski definition) is 0. The predicted molar refractivity (Wildman–Crippen MR) is 99.2 cm³/mol. The van der Waals surface area contributed by atoms with E-state index in [-0.39, 0.29) is 0 Å². The lowest BCUT2D eigenvalue weighted by molar-refractivity contribution is 1.31. The SMILES string of the molecule is C=C(/C=C/c1ccc2ccccc2c1)Sc1ccccc1C. The molecule has 0 N–H and O–H groups in total. The van der Waals surface area contributed by atoms with Gasteiger partial charge in [0.2, 0.25) is 0 Å². The molecule has 0 saturated carbocycles. The van der Waals surface area contributed by atoms with Crippen LogP contribution in [0.25, 0.3) is 16.8 Å². The Morgan fingerprint density at radius 1 is 0.909 bits per heavy atom. The molecule has 0 unspecified atom stereocenters. The van der Waals surface area contributed by atoms with E-state index in [1.54, 1.807) is 11.8 Å². The molecule has 0 aliphatic heterocycles. The number of rotatable bonds is 4. The van der Waals surface area contributed by atoms with E-state index in [4.69, 9.17) is 0 Å². The summed E-state index contributed by atoms with van der Waals surface area (Å²) in [7, 11) is 0. The van der Waals surface area contributed by atoms with Crippen LogP contribution in [-0.4, -0.2) is 0 Å². The van der Waals surface area contributed by atoms with Crippen molar-refractivity contribution < 1.29 is 0 Å². The Hall–Kier alpha value is -2.25. The van der Waals surface area contributed by atoms with Gasteiger partial charge in [0.05, 0.1) is 0 Å². The molecule has 3 aromatic carbocycles. The third kappa shape index (κ3) is 3.49. The number of benzene rings is 3. The summed E-state index contributed by atoms with van der Waals surface area (Å²) in [5.41, 5.74) is 2.48. The summed E-state index contributed by atoms with van der Waals surface area (Å²) in [5, 5.41) is 2.54. The second-order valence-electron chi connectivity index (χ2n) is 5.27. The standard InChI is InChI=1S/C21H18S/c1-16-7-3-6-10-21(16)22-17(2)11-12-18-13-14-19-8-4-5-9-20(19)15-18/h3-15H,2H2,1H3/b12-11+. The minimum Gasteiger partial charge on any atom is -0.0904 e. The zero-order valence-electron chi connectivity index (χ0n) is 12.6. The lowest BCUT2D eigenvalue weighted by Gasteiger charge is -2.04. The van der Waals surface area contributed by atoms with Gasteiger partial charge in [-0.3, -0.25) is 0 Å². The molecule has 0 fully saturated rings. The van der Waals surface area contributed by atoms with Gasteiger partial charge in [0.25, 0.3) is 0 Å². The van der Waals surface area contributed by atoms with Crippen LogP contribution in [0.5, 0.6) is 0 Å². The molecule has 0 saturated heterocycles. The van der Waals surface area contributed by atoms with E-state index >= 15 is 0 Å². The number of hydrogen-bond acceptors (Lipinski definition) is 1. The lowest BCUT2D eigenvalue weighted by atomic mass is 10.1. The van der Waals surface area contributed by atoms with Gasteiger partial charge in [0.1, 0.15) is 0 Å². The van der Waals surface area contributed by atoms with E-state index in [2.05, 4.69) is 92.4 Å². The Morgan fingerprint density at radius 3 is 2.45 bits per heavy atom. The molecular weight excluding hydrogens is 284 g/mol. The van der Waals surface area contributed by atoms with Crippen molar-refractivity contribution in [2.75, 3.05) is 0 Å². The third-order valence-electron chi connectivity index (χ3n) is 3.57. The minimum atomic E-state index is 1.04. The van der Waals surface area contributed by atoms with Gasteiger partial charge in [0, 0.05) is 9.80 Å². The van der Waals surface area contributed by atoms with Gasteiger partial charge in [-0.15, -0.1) is 0 Å². The molecule has 0 spiro atoms. The van der Waals surface area contributed by atoms with Crippen molar-refractivity contribution in [2.24, 2.45) is 0 Å². The van der Waals surface area contributed by atoms with Gasteiger partial charge >= 0.3 is 0 Å². The quantitative estimate of drug-likeness (QED) is 0.393. The first kappa shape index (κ1) is 14.7. The molecule has 108 valence electrons. The second-order valence-corrected chi connectivity index (χ2v) is 6.44. The average molecular weight is 302 g/mol. The summed E-state index contributed by atoms with van der Waals surface area (Å²) in [5.74, 6) is 0. The van der Waals surface area contributed by atoms with E-state index in [0.29, 0.717) is 0 Å². The van der Waals surface area contributed by atoms with Crippen LogP contribution in [0.1, 0.15) is 11.1 Å². The Kier molecular flexibility index (Phi) is 4.45. The number of fused-ring (bicyclic) bond motifs is 1. The van der Waals surface area contributed by atoms with Crippen LogP contribution in [0.3, 0.4) is 0 Å². The van der Waals surface area contributed by atoms with E-state index in [9.17, 15) is 0 Å². The van der Waals surface area contributed by atoms with Crippen molar-refractivity contribution in [2.45, 2.75) is 11.8 Å². The van der Waals surface area contributed by atoms with E-state index in [1.807, 2.05) is 0 Å². The van der Waals surface area contributed by atoms with Crippen LogP contribution in [-0.2, 0) is 0 Å². The first-order valence-corrected chi connectivity index (χ1v) is 8.13. The van der Waals surface area contributed by atoms with Gasteiger partial charge in [0.15, 0.2) is 0 Å². The van der Waals surface area contributed by atoms with Crippen LogP contribution in [0.4, 0.5) is 0 Å². The topological polar surface area (TPSA) is 0 Å². The van der Waals surface area contributed by atoms with Crippen molar-refractivity contribution >= 4 is 28.6 Å². The van der Waals surface area contributed by atoms with Gasteiger partial charge < -0.3 is 0 Å². The molecule has 3 aromatic rings. The highest BCUT2D eigenvalue weighted by Crippen LogP contribution is 2.29. The maximum Gasteiger partial charge on any atom is 0.0151 e. The molecule has 1 heteroatoms. The number of thioether (sulfide) groups is 1. The molecule has 22 heavy (non-hydrogen) atoms. The van der Waals surface area contributed by atoms with Gasteiger partial charge in [-0.05, 0) is 47.0 Å². The fourth-order valence-electron chi connectivity index (χ4n) is 2.35. The highest BCUT2D eigenvalue weighted by molar-refractivity contribution is 8.03. The van der Waals surface area contributed by atoms with Crippen LogP contribution in [0.2, 0.25) is 0 Å². The van der Waals surface area contributed by atoms with Crippen LogP contribution in [0.15, 0.2) is 89.2 Å². The Balaban J connectivity index is 1.75. The van der Waals surface area contributed by atoms with Crippen LogP contribution >= 0.6 is 11.8 Å². The highest BCUT2D eigenvalue weighted by atomic mass is 32.2. The summed E-state index contributed by atoms with van der Waals surface area (Å²) in [6.45, 7) is 6.27. The van der Waals surface area contributed by atoms with E-state index in [1.165, 1.54) is 26.8 Å². The molecule has 0 aliphatic carbocycles. The van der Waals surface area contributed by atoms with Crippen molar-refractivity contribution in [3.8, 4) is 0 Å². The van der Waals surface area contributed by atoms with Crippen molar-refractivity contribution in [1.29, 1.82) is 0 Å². The van der Waals surface area contributed by atoms with E-state index < -0.39 is 0 Å². The maximum atomic E-state index is 4.14. The lowest BCUT2D eigenvalue weighted by Crippen LogP contribution is -1.78. The smallest absolute Gasteiger partial charge is 0.0151 e. The highest BCUT2D eigenvalue weighted by Gasteiger charge is 1.99. The first-order valence-electron chi connectivity index (χ1n) is 7.32. The maximum absolute atomic E-state index is 4.14. The first-order chi connectivity index (χ1) is 10.7. The summed E-state index contributed by atoms with van der Waals surface area (Å²) >= 11 is 1.71. The Morgan fingerprint density at radius 2 is 1.64 bits per heavy atom. The number of allylic oxidation sites excluding steroid dienone is 1. The number of aryl methyl sites for hydroxylation is 1. The molecule has 3 rings (SSSR count). The Bertz CT molecular complexity index is 843. The molecule has 0 aromatic heterocycles. The van der Waals surface area contributed by atoms with E-state index in [0.717, 1.165) is 4.91 Å². The molecule has 0 amide bonds. The summed E-state index contributed by atoms with van der Waals surface area (Å²) < 4.78 is 0. The van der Waals surface area contributed by atoms with Gasteiger partial charge in [-0.2, -0.15) is 0 Å². The van der Waals surface area contributed by atoms with Gasteiger partial charge in [-0.1, -0.05) is 79.0 Å². The molecule has 0 aliphatic rings. The van der Waals surface area contributed by atoms with Crippen molar-refractivity contribution in [3.05, 3.63) is 95.4 Å². The largest absolute Gasteiger partial charge is 0.0904 e. The van der Waals surface area contributed by atoms with Gasteiger partial charge in [-0.25, -0.2) is 0 Å². The Labute approximate surface area is 136 Å². The fraction of sp³-hybridized carbons (Fsp3) is 0.0476. The normalized spacial score (nSPS) is 11.1. The third-order valence-corrected chi connectivity index (χ3v) is 4.65. The molecule has 0 nitrogen and oxygen atoms in total. The molecule has 0 bridgehead atoms. The van der Waals surface area contributed by atoms with Crippen LogP contribution < -0.4 is 0 Å². The summed E-state index contributed by atoms with van der Waals surface area (Å²) in [4.78, 5) is 2.30. The molecule has 0 heterocycles. The zero-order valence-corrected chi connectivity index (χ0v) is 13.4.